The number of pyridine rings is 7. The lowest BCUT2D eigenvalue weighted by Crippen LogP contribution is -1.97. The Balaban J connectivity index is 0.000000121. The smallest absolute Gasteiger partial charge is 0.160 e. The summed E-state index contributed by atoms with van der Waals surface area (Å²) in [5, 5.41) is 4.60. The van der Waals surface area contributed by atoms with Gasteiger partial charge >= 0.3 is 0 Å². The van der Waals surface area contributed by atoms with E-state index in [-0.39, 0.29) is 0 Å². The van der Waals surface area contributed by atoms with Crippen LogP contribution in [0.25, 0.3) is 224 Å². The molecule has 630 valence electrons. The summed E-state index contributed by atoms with van der Waals surface area (Å²) in [6.07, 6.45) is 16.5. The molecule has 0 N–H and O–H groups in total. The first-order valence-electron chi connectivity index (χ1n) is 44.3. The van der Waals surface area contributed by atoms with Gasteiger partial charge in [-0.2, -0.15) is 0 Å². The molecule has 0 aliphatic carbocycles. The maximum Gasteiger partial charge on any atom is 0.160 e. The van der Waals surface area contributed by atoms with Crippen molar-refractivity contribution < 1.29 is 0 Å². The molecule has 0 fully saturated rings. The summed E-state index contributed by atoms with van der Waals surface area (Å²) >= 11 is 0. The first-order valence-corrected chi connectivity index (χ1v) is 44.3. The quantitative estimate of drug-likeness (QED) is 0.0797. The predicted molar refractivity (Wildman–Crippen MR) is 544 cm³/mol. The Hall–Kier alpha value is -18.3. The zero-order chi connectivity index (χ0) is 89.6. The highest BCUT2D eigenvalue weighted by Gasteiger charge is 2.19. The third-order valence-electron chi connectivity index (χ3n) is 23.6. The molecular formula is C121H81N13. The van der Waals surface area contributed by atoms with Crippen molar-refractivity contribution >= 4 is 21.5 Å². The van der Waals surface area contributed by atoms with E-state index in [4.69, 9.17) is 39.9 Å². The number of nitrogens with zero attached hydrogens (tertiary/aromatic N) is 13. The number of rotatable bonds is 18. The standard InChI is InChI=1S/C43H29N3.C41H27N5.C37H25N5/c1-3-11-30(12-4-1)34-17-9-19-37(25-34)41-28-42(38-20-10-18-35(26-38)31-13-5-2-6-14-31)46-43(45-41)33-23-21-32(22-24-33)40-27-36-15-7-8-16-39(36)29-44-40;1-2-10-35-27-44-38(25-30(35)9-1)28-17-19-29(20-18-28)41-45-39(33-13-7-11-31(23-33)36-15-3-5-21-42-36)26-40(46-41)34-14-8-12-32(24-34)37-16-4-6-22-43-37;1-2-20-40-34(3-1)30-12-14-33(15-13-30)37-41-35(31-8-4-26(5-9-31)28-16-21-38-22-17-28)25-36(42-37)32-10-6-27(7-11-32)29-18-23-39-24-19-29/h1-29H;1-27H;1-25H. The van der Waals surface area contributed by atoms with Crippen LogP contribution in [-0.2, 0) is 0 Å². The molecule has 10 aromatic heterocycles. The van der Waals surface area contributed by atoms with Crippen molar-refractivity contribution in [3.8, 4) is 203 Å². The van der Waals surface area contributed by atoms with Crippen LogP contribution >= 0.6 is 0 Å². The topological polar surface area (TPSA) is 168 Å². The summed E-state index contributed by atoms with van der Waals surface area (Å²) < 4.78 is 0. The Labute approximate surface area is 776 Å². The highest BCUT2D eigenvalue weighted by Crippen LogP contribution is 2.39. The molecule has 0 radical (unpaired) electrons. The largest absolute Gasteiger partial charge is 0.265 e. The third-order valence-corrected chi connectivity index (χ3v) is 23.6. The van der Waals surface area contributed by atoms with E-state index in [1.807, 2.05) is 171 Å². The highest BCUT2D eigenvalue weighted by molar-refractivity contribution is 5.89. The van der Waals surface area contributed by atoms with Gasteiger partial charge in [-0.15, -0.1) is 0 Å². The van der Waals surface area contributed by atoms with Gasteiger partial charge in [-0.1, -0.05) is 322 Å². The monoisotopic (exact) mass is 1720 g/mol. The van der Waals surface area contributed by atoms with Crippen LogP contribution in [0.2, 0.25) is 0 Å². The molecule has 134 heavy (non-hydrogen) atoms. The fourth-order valence-corrected chi connectivity index (χ4v) is 16.5. The second kappa shape index (κ2) is 38.7. The van der Waals surface area contributed by atoms with Crippen LogP contribution in [0.5, 0.6) is 0 Å². The SMILES string of the molecule is c1ccc(-c2ccc(-c3nc(-c4ccc(-c5ccncc5)cc4)cc(-c4ccc(-c5ccncc5)cc4)n3)cc2)nc1.c1ccc(-c2cccc(-c3cc(-c4cccc(-c5ccccc5)c4)nc(-c4ccc(-c5cc6ccccc6cn5)cc4)n3)c2)cc1.c1ccc(-c2cccc(-c3cc(-c4cccc(-c5ccccn5)c4)nc(-c4ccc(-c5cc6ccccc6cn5)cc4)n3)c2)nc1. The van der Waals surface area contributed by atoms with Crippen LogP contribution in [0, 0.1) is 0 Å². The molecule has 0 saturated heterocycles. The van der Waals surface area contributed by atoms with Crippen molar-refractivity contribution in [2.75, 3.05) is 0 Å². The molecule has 13 heteroatoms. The fraction of sp³-hybridized carbons (Fsp3) is 0. The van der Waals surface area contributed by atoms with E-state index in [9.17, 15) is 0 Å². The molecule has 0 aliphatic heterocycles. The van der Waals surface area contributed by atoms with Gasteiger partial charge in [0.15, 0.2) is 17.5 Å². The molecule has 0 bridgehead atoms. The number of aromatic nitrogens is 13. The van der Waals surface area contributed by atoms with Crippen molar-refractivity contribution in [3.05, 3.63) is 493 Å². The molecule has 0 aliphatic rings. The van der Waals surface area contributed by atoms with Crippen LogP contribution in [0.15, 0.2) is 493 Å². The van der Waals surface area contributed by atoms with E-state index >= 15 is 0 Å². The summed E-state index contributed by atoms with van der Waals surface area (Å²) in [6, 6.07) is 150. The van der Waals surface area contributed by atoms with Gasteiger partial charge in [-0.3, -0.25) is 34.9 Å². The molecule has 0 atom stereocenters. The van der Waals surface area contributed by atoms with Crippen molar-refractivity contribution in [3.63, 3.8) is 0 Å². The Kier molecular flexibility index (Phi) is 23.9. The molecule has 10 heterocycles. The van der Waals surface area contributed by atoms with Crippen molar-refractivity contribution in [2.24, 2.45) is 0 Å². The predicted octanol–water partition coefficient (Wildman–Crippen LogP) is 29.5. The van der Waals surface area contributed by atoms with Crippen LogP contribution in [-0.4, -0.2) is 64.8 Å². The third kappa shape index (κ3) is 19.0. The Morgan fingerprint density at radius 2 is 0.336 bits per heavy atom. The summed E-state index contributed by atoms with van der Waals surface area (Å²) in [4.78, 5) is 61.8. The normalized spacial score (nSPS) is 11.0. The first kappa shape index (κ1) is 82.6. The van der Waals surface area contributed by atoms with Gasteiger partial charge in [0.05, 0.1) is 62.6 Å². The van der Waals surface area contributed by atoms with Crippen LogP contribution < -0.4 is 0 Å². The van der Waals surface area contributed by atoms with Gasteiger partial charge < -0.3 is 0 Å². The van der Waals surface area contributed by atoms with Gasteiger partial charge in [0.25, 0.3) is 0 Å². The molecule has 0 saturated carbocycles. The minimum Gasteiger partial charge on any atom is -0.265 e. The van der Waals surface area contributed by atoms with Gasteiger partial charge in [-0.25, -0.2) is 29.9 Å². The number of fused-ring (bicyclic) bond motifs is 2. The van der Waals surface area contributed by atoms with E-state index in [1.54, 1.807) is 0 Å². The van der Waals surface area contributed by atoms with Gasteiger partial charge in [0, 0.05) is 144 Å². The lowest BCUT2D eigenvalue weighted by Gasteiger charge is -2.12. The van der Waals surface area contributed by atoms with E-state index in [0.717, 1.165) is 190 Å². The Bertz CT molecular complexity index is 7250. The summed E-state index contributed by atoms with van der Waals surface area (Å²) in [5.41, 5.74) is 33.1. The van der Waals surface area contributed by atoms with Crippen molar-refractivity contribution in [1.82, 2.24) is 64.8 Å². The Morgan fingerprint density at radius 3 is 0.657 bits per heavy atom. The first-order chi connectivity index (χ1) is 66.3. The maximum atomic E-state index is 5.13. The van der Waals surface area contributed by atoms with Gasteiger partial charge in [0.1, 0.15) is 0 Å². The second-order valence-corrected chi connectivity index (χ2v) is 32.3. The Morgan fingerprint density at radius 1 is 0.112 bits per heavy atom. The summed E-state index contributed by atoms with van der Waals surface area (Å²) in [7, 11) is 0. The summed E-state index contributed by atoms with van der Waals surface area (Å²) in [5.74, 6) is 2.00. The lowest BCUT2D eigenvalue weighted by molar-refractivity contribution is 1.18. The van der Waals surface area contributed by atoms with Gasteiger partial charge in [0.2, 0.25) is 0 Å². The molecular weight excluding hydrogens is 1640 g/mol. The maximum absolute atomic E-state index is 5.13. The van der Waals surface area contributed by atoms with E-state index < -0.39 is 0 Å². The van der Waals surface area contributed by atoms with Crippen LogP contribution in [0.3, 0.4) is 0 Å². The number of hydrogen-bond acceptors (Lipinski definition) is 13. The number of hydrogen-bond donors (Lipinski definition) is 0. The number of benzene rings is 13. The van der Waals surface area contributed by atoms with Crippen molar-refractivity contribution in [2.45, 2.75) is 0 Å². The van der Waals surface area contributed by atoms with Crippen LogP contribution in [0.1, 0.15) is 0 Å². The zero-order valence-electron chi connectivity index (χ0n) is 72.6. The molecule has 23 aromatic rings. The molecule has 0 unspecified atom stereocenters. The molecule has 13 aromatic carbocycles. The van der Waals surface area contributed by atoms with Crippen molar-refractivity contribution in [1.29, 1.82) is 0 Å². The minimum absolute atomic E-state index is 0.650. The van der Waals surface area contributed by atoms with E-state index in [0.29, 0.717) is 17.5 Å². The molecule has 13 nitrogen and oxygen atoms in total. The van der Waals surface area contributed by atoms with Gasteiger partial charge in [-0.05, 0) is 171 Å². The zero-order valence-corrected chi connectivity index (χ0v) is 72.6. The highest BCUT2D eigenvalue weighted by atomic mass is 14.9. The average Bonchev–Trinajstić information content (AvgIpc) is 0.699. The minimum atomic E-state index is 0.650. The second-order valence-electron chi connectivity index (χ2n) is 32.3. The average molecular weight is 1720 g/mol. The molecule has 23 rings (SSSR count). The summed E-state index contributed by atoms with van der Waals surface area (Å²) in [6.45, 7) is 0. The van der Waals surface area contributed by atoms with E-state index in [2.05, 4.69) is 346 Å². The van der Waals surface area contributed by atoms with Crippen LogP contribution in [0.4, 0.5) is 0 Å². The fourth-order valence-electron chi connectivity index (χ4n) is 16.5. The van der Waals surface area contributed by atoms with E-state index in [1.165, 1.54) is 16.5 Å². The lowest BCUT2D eigenvalue weighted by atomic mass is 9.99. The molecule has 0 spiro atoms. The molecule has 0 amide bonds.